The van der Waals surface area contributed by atoms with Crippen LogP contribution in [0.1, 0.15) is 27.6 Å². The highest BCUT2D eigenvalue weighted by Crippen LogP contribution is 2.28. The highest BCUT2D eigenvalue weighted by atomic mass is 35.5. The lowest BCUT2D eigenvalue weighted by Gasteiger charge is -2.13. The normalized spacial score (nSPS) is 12.4. The van der Waals surface area contributed by atoms with Gasteiger partial charge in [-0.1, -0.05) is 36.4 Å². The summed E-state index contributed by atoms with van der Waals surface area (Å²) in [7, 11) is 0. The second kappa shape index (κ2) is 5.53. The zero-order chi connectivity index (χ0) is 13.1. The third kappa shape index (κ3) is 2.91. The van der Waals surface area contributed by atoms with E-state index in [4.69, 9.17) is 11.6 Å². The van der Waals surface area contributed by atoms with E-state index in [1.54, 1.807) is 6.07 Å². The van der Waals surface area contributed by atoms with Gasteiger partial charge in [-0.2, -0.15) is 0 Å². The first-order valence-electron chi connectivity index (χ1n) is 6.02. The second-order valence-corrected chi connectivity index (χ2v) is 5.15. The molecule has 1 atom stereocenters. The Balaban J connectivity index is 2.22. The van der Waals surface area contributed by atoms with Crippen LogP contribution in [0.3, 0.4) is 0 Å². The minimum Gasteiger partial charge on any atom is -0.207 e. The van der Waals surface area contributed by atoms with Crippen LogP contribution in [-0.2, 0) is 6.42 Å². The lowest BCUT2D eigenvalue weighted by Crippen LogP contribution is -2.00. The molecule has 0 saturated carbocycles. The summed E-state index contributed by atoms with van der Waals surface area (Å²) in [5, 5.41) is -0.327. The molecule has 0 saturated heterocycles. The molecular formula is C16H16ClF. The van der Waals surface area contributed by atoms with Crippen molar-refractivity contribution in [1.82, 2.24) is 0 Å². The Kier molecular flexibility index (Phi) is 4.03. The van der Waals surface area contributed by atoms with Crippen molar-refractivity contribution in [2.24, 2.45) is 0 Å². The molecule has 0 aliphatic carbocycles. The molecule has 0 N–H and O–H groups in total. The molecule has 0 aliphatic rings. The van der Waals surface area contributed by atoms with E-state index < -0.39 is 0 Å². The fraction of sp³-hybridized carbons (Fsp3) is 0.250. The Bertz CT molecular complexity index is 549. The van der Waals surface area contributed by atoms with Crippen molar-refractivity contribution in [2.75, 3.05) is 0 Å². The summed E-state index contributed by atoms with van der Waals surface area (Å²) in [6, 6.07) is 13.3. The summed E-state index contributed by atoms with van der Waals surface area (Å²) in [5.74, 6) is -0.219. The monoisotopic (exact) mass is 262 g/mol. The number of halogens is 2. The highest BCUT2D eigenvalue weighted by Gasteiger charge is 2.14. The zero-order valence-electron chi connectivity index (χ0n) is 10.6. The van der Waals surface area contributed by atoms with Crippen LogP contribution >= 0.6 is 11.6 Å². The summed E-state index contributed by atoms with van der Waals surface area (Å²) < 4.78 is 13.8. The maximum atomic E-state index is 13.8. The van der Waals surface area contributed by atoms with Gasteiger partial charge in [0.1, 0.15) is 5.82 Å². The van der Waals surface area contributed by atoms with E-state index in [1.807, 2.05) is 44.2 Å². The highest BCUT2D eigenvalue weighted by molar-refractivity contribution is 6.21. The van der Waals surface area contributed by atoms with E-state index in [-0.39, 0.29) is 11.2 Å². The van der Waals surface area contributed by atoms with Crippen LogP contribution in [0.15, 0.2) is 42.5 Å². The zero-order valence-corrected chi connectivity index (χ0v) is 11.3. The van der Waals surface area contributed by atoms with Gasteiger partial charge in [0.25, 0.3) is 0 Å². The predicted molar refractivity (Wildman–Crippen MR) is 74.6 cm³/mol. The molecule has 0 aliphatic heterocycles. The van der Waals surface area contributed by atoms with E-state index in [1.165, 1.54) is 11.6 Å². The summed E-state index contributed by atoms with van der Waals surface area (Å²) in [6.07, 6.45) is 0.647. The number of benzene rings is 2. The molecule has 1 unspecified atom stereocenters. The molecule has 2 aromatic carbocycles. The molecule has 0 heterocycles. The van der Waals surface area contributed by atoms with E-state index >= 15 is 0 Å². The summed E-state index contributed by atoms with van der Waals surface area (Å²) in [5.41, 5.74) is 3.84. The molecule has 94 valence electrons. The van der Waals surface area contributed by atoms with E-state index in [9.17, 15) is 4.39 Å². The van der Waals surface area contributed by atoms with Crippen LogP contribution in [0.4, 0.5) is 4.39 Å². The maximum absolute atomic E-state index is 13.8. The van der Waals surface area contributed by atoms with Gasteiger partial charge in [-0.05, 0) is 43.0 Å². The fourth-order valence-electron chi connectivity index (χ4n) is 2.03. The van der Waals surface area contributed by atoms with Crippen molar-refractivity contribution in [1.29, 1.82) is 0 Å². The quantitative estimate of drug-likeness (QED) is 0.686. The number of rotatable bonds is 3. The van der Waals surface area contributed by atoms with Crippen LogP contribution in [0, 0.1) is 19.7 Å². The summed E-state index contributed by atoms with van der Waals surface area (Å²) >= 11 is 6.33. The van der Waals surface area contributed by atoms with Gasteiger partial charge < -0.3 is 0 Å². The third-order valence-corrected chi connectivity index (χ3v) is 3.54. The summed E-state index contributed by atoms with van der Waals surface area (Å²) in [4.78, 5) is 0. The molecule has 2 aromatic rings. The third-order valence-electron chi connectivity index (χ3n) is 3.15. The molecule has 0 radical (unpaired) electrons. The van der Waals surface area contributed by atoms with Gasteiger partial charge in [-0.25, -0.2) is 4.39 Å². The number of hydrogen-bond donors (Lipinski definition) is 0. The molecule has 0 spiro atoms. The molecule has 18 heavy (non-hydrogen) atoms. The van der Waals surface area contributed by atoms with Gasteiger partial charge in [0, 0.05) is 5.56 Å². The lowest BCUT2D eigenvalue weighted by atomic mass is 9.99. The smallest absolute Gasteiger partial charge is 0.128 e. The van der Waals surface area contributed by atoms with Gasteiger partial charge in [0.15, 0.2) is 0 Å². The Morgan fingerprint density at radius 1 is 1.11 bits per heavy atom. The molecule has 0 amide bonds. The Hall–Kier alpha value is -1.34. The SMILES string of the molecule is Cc1ccc(C(Cl)Cc2ccccc2C)c(F)c1. The molecule has 0 nitrogen and oxygen atoms in total. The first kappa shape index (κ1) is 13.1. The van der Waals surface area contributed by atoms with Gasteiger partial charge in [0.05, 0.1) is 5.38 Å². The molecule has 0 fully saturated rings. The standard InChI is InChI=1S/C16H16ClF/c1-11-7-8-14(16(18)9-11)15(17)10-13-6-4-3-5-12(13)2/h3-9,15H,10H2,1-2H3. The van der Waals surface area contributed by atoms with Crippen molar-refractivity contribution < 1.29 is 4.39 Å². The predicted octanol–water partition coefficient (Wildman–Crippen LogP) is 4.97. The maximum Gasteiger partial charge on any atom is 0.128 e. The first-order chi connectivity index (χ1) is 8.58. The van der Waals surface area contributed by atoms with Crippen LogP contribution in [0.5, 0.6) is 0 Å². The Morgan fingerprint density at radius 2 is 1.83 bits per heavy atom. The first-order valence-corrected chi connectivity index (χ1v) is 6.46. The topological polar surface area (TPSA) is 0 Å². The second-order valence-electron chi connectivity index (χ2n) is 4.62. The molecule has 0 bridgehead atoms. The van der Waals surface area contributed by atoms with Gasteiger partial charge in [-0.3, -0.25) is 0 Å². The van der Waals surface area contributed by atoms with Gasteiger partial charge in [-0.15, -0.1) is 11.6 Å². The molecular weight excluding hydrogens is 247 g/mol. The van der Waals surface area contributed by atoms with Crippen LogP contribution in [0.2, 0.25) is 0 Å². The minimum absolute atomic E-state index is 0.219. The van der Waals surface area contributed by atoms with Crippen LogP contribution in [-0.4, -0.2) is 0 Å². The van der Waals surface area contributed by atoms with Crippen molar-refractivity contribution in [2.45, 2.75) is 25.6 Å². The van der Waals surface area contributed by atoms with Crippen LogP contribution < -0.4 is 0 Å². The number of aryl methyl sites for hydroxylation is 2. The van der Waals surface area contributed by atoms with Crippen LogP contribution in [0.25, 0.3) is 0 Å². The largest absolute Gasteiger partial charge is 0.207 e. The van der Waals surface area contributed by atoms with E-state index in [0.29, 0.717) is 12.0 Å². The Morgan fingerprint density at radius 3 is 2.50 bits per heavy atom. The minimum atomic E-state index is -0.327. The average molecular weight is 263 g/mol. The van der Waals surface area contributed by atoms with E-state index in [2.05, 4.69) is 0 Å². The molecule has 0 aromatic heterocycles. The molecule has 2 rings (SSSR count). The number of hydrogen-bond acceptors (Lipinski definition) is 0. The van der Waals surface area contributed by atoms with Gasteiger partial charge in [0.2, 0.25) is 0 Å². The molecule has 2 heteroatoms. The number of alkyl halides is 1. The van der Waals surface area contributed by atoms with E-state index in [0.717, 1.165) is 11.1 Å². The van der Waals surface area contributed by atoms with Crippen molar-refractivity contribution in [3.05, 3.63) is 70.5 Å². The summed E-state index contributed by atoms with van der Waals surface area (Å²) in [6.45, 7) is 3.92. The average Bonchev–Trinajstić information content (AvgIpc) is 2.32. The van der Waals surface area contributed by atoms with Crippen molar-refractivity contribution >= 4 is 11.6 Å². The fourth-order valence-corrected chi connectivity index (χ4v) is 2.37. The van der Waals surface area contributed by atoms with Crippen molar-refractivity contribution in [3.63, 3.8) is 0 Å². The van der Waals surface area contributed by atoms with Gasteiger partial charge >= 0.3 is 0 Å². The Labute approximate surface area is 112 Å². The lowest BCUT2D eigenvalue weighted by molar-refractivity contribution is 0.604. The van der Waals surface area contributed by atoms with Crippen molar-refractivity contribution in [3.8, 4) is 0 Å².